The number of nitrogen functional groups attached to an aromatic ring is 1. The molecule has 14 heteroatoms. The number of anilines is 1. The topological polar surface area (TPSA) is 143 Å². The van der Waals surface area contributed by atoms with E-state index in [2.05, 4.69) is 30.8 Å². The van der Waals surface area contributed by atoms with E-state index in [-0.39, 0.29) is 33.7 Å². The van der Waals surface area contributed by atoms with E-state index in [0.717, 1.165) is 12.1 Å². The molecule has 2 aromatic carbocycles. The van der Waals surface area contributed by atoms with E-state index in [1.165, 1.54) is 6.07 Å². The van der Waals surface area contributed by atoms with Crippen LogP contribution < -0.4 is 5.73 Å². The molecule has 0 bridgehead atoms. The van der Waals surface area contributed by atoms with Crippen LogP contribution in [0.4, 0.5) is 23.4 Å². The van der Waals surface area contributed by atoms with Crippen LogP contribution in [-0.4, -0.2) is 45.5 Å². The standard InChI is InChI=1S/C16H11F4N7O2S/c1-30(28,29)13-8(16(18,19)20)3-2-7(11(13)15-24-26-27-25-15)6-4-9(17)12-10(5-6)22-23-14(12)21/h2-5H,1H3,(H3,21,22,23)(H,24,25,26,27). The molecule has 156 valence electrons. The average molecular weight is 441 g/mol. The van der Waals surface area contributed by atoms with Crippen molar-refractivity contribution in [3.05, 3.63) is 35.6 Å². The van der Waals surface area contributed by atoms with Gasteiger partial charge in [0.15, 0.2) is 21.5 Å². The van der Waals surface area contributed by atoms with Crippen LogP contribution in [-0.2, 0) is 16.0 Å². The van der Waals surface area contributed by atoms with E-state index in [4.69, 9.17) is 5.73 Å². The van der Waals surface area contributed by atoms with Crippen LogP contribution >= 0.6 is 0 Å². The van der Waals surface area contributed by atoms with E-state index in [9.17, 15) is 26.0 Å². The molecule has 2 heterocycles. The number of fused-ring (bicyclic) bond motifs is 1. The fourth-order valence-electron chi connectivity index (χ4n) is 3.22. The molecule has 2 aromatic heterocycles. The van der Waals surface area contributed by atoms with Crippen LogP contribution in [0.5, 0.6) is 0 Å². The predicted molar refractivity (Wildman–Crippen MR) is 97.2 cm³/mol. The molecule has 0 saturated carbocycles. The molecule has 9 nitrogen and oxygen atoms in total. The van der Waals surface area contributed by atoms with Crippen molar-refractivity contribution in [1.82, 2.24) is 30.8 Å². The van der Waals surface area contributed by atoms with Crippen molar-refractivity contribution in [2.75, 3.05) is 12.0 Å². The largest absolute Gasteiger partial charge is 0.417 e. The minimum Gasteiger partial charge on any atom is -0.382 e. The van der Waals surface area contributed by atoms with Gasteiger partial charge in [0.25, 0.3) is 0 Å². The van der Waals surface area contributed by atoms with Crippen LogP contribution in [0.2, 0.25) is 0 Å². The molecule has 0 aliphatic rings. The lowest BCUT2D eigenvalue weighted by Gasteiger charge is -2.18. The first-order valence-electron chi connectivity index (χ1n) is 8.10. The summed E-state index contributed by atoms with van der Waals surface area (Å²) in [5.74, 6) is -1.23. The van der Waals surface area contributed by atoms with E-state index in [1.54, 1.807) is 0 Å². The number of hydrogen-bond acceptors (Lipinski definition) is 7. The fourth-order valence-corrected chi connectivity index (χ4v) is 4.38. The van der Waals surface area contributed by atoms with Crippen molar-refractivity contribution in [2.45, 2.75) is 11.1 Å². The smallest absolute Gasteiger partial charge is 0.382 e. The van der Waals surface area contributed by atoms with Gasteiger partial charge in [0, 0.05) is 11.8 Å². The summed E-state index contributed by atoms with van der Waals surface area (Å²) in [6.07, 6.45) is -4.35. The van der Waals surface area contributed by atoms with Gasteiger partial charge in [0.2, 0.25) is 0 Å². The predicted octanol–water partition coefficient (Wildman–Crippen LogP) is 2.55. The highest BCUT2D eigenvalue weighted by Crippen LogP contribution is 2.43. The first-order valence-corrected chi connectivity index (χ1v) is 9.99. The molecule has 0 fully saturated rings. The third-order valence-corrected chi connectivity index (χ3v) is 5.54. The Morgan fingerprint density at radius 3 is 2.47 bits per heavy atom. The Hall–Kier alpha value is -3.55. The Kier molecular flexibility index (Phi) is 4.27. The lowest BCUT2D eigenvalue weighted by molar-refractivity contribution is -0.139. The zero-order valence-electron chi connectivity index (χ0n) is 14.9. The number of H-pyrrole nitrogens is 2. The Balaban J connectivity index is 2.14. The molecule has 0 spiro atoms. The third kappa shape index (κ3) is 3.14. The number of nitrogens with one attached hydrogen (secondary N) is 2. The molecule has 4 N–H and O–H groups in total. The number of aromatic amines is 2. The van der Waals surface area contributed by atoms with Gasteiger partial charge >= 0.3 is 6.18 Å². The number of nitrogens with zero attached hydrogens (tertiary/aromatic N) is 4. The molecular formula is C16H11F4N7O2S. The summed E-state index contributed by atoms with van der Waals surface area (Å²) in [5, 5.41) is 18.7. The summed E-state index contributed by atoms with van der Waals surface area (Å²) in [5.41, 5.74) is 3.96. The summed E-state index contributed by atoms with van der Waals surface area (Å²) in [6, 6.07) is 4.03. The molecule has 30 heavy (non-hydrogen) atoms. The van der Waals surface area contributed by atoms with Gasteiger partial charge in [-0.1, -0.05) is 6.07 Å². The number of benzene rings is 2. The molecule has 0 aliphatic carbocycles. The number of nitrogens with two attached hydrogens (primary N) is 1. The number of rotatable bonds is 3. The van der Waals surface area contributed by atoms with Gasteiger partial charge in [-0.05, 0) is 39.8 Å². The monoisotopic (exact) mass is 441 g/mol. The Morgan fingerprint density at radius 1 is 1.13 bits per heavy atom. The third-order valence-electron chi connectivity index (χ3n) is 4.37. The quantitative estimate of drug-likeness (QED) is 0.415. The van der Waals surface area contributed by atoms with Gasteiger partial charge in [-0.3, -0.25) is 5.10 Å². The van der Waals surface area contributed by atoms with Crippen molar-refractivity contribution < 1.29 is 26.0 Å². The Morgan fingerprint density at radius 2 is 1.87 bits per heavy atom. The molecular weight excluding hydrogens is 430 g/mol. The molecule has 0 radical (unpaired) electrons. The number of aromatic nitrogens is 6. The van der Waals surface area contributed by atoms with E-state index < -0.39 is 37.9 Å². The van der Waals surface area contributed by atoms with Gasteiger partial charge in [0.05, 0.1) is 21.4 Å². The normalized spacial score (nSPS) is 12.6. The minimum atomic E-state index is -4.98. The highest BCUT2D eigenvalue weighted by Gasteiger charge is 2.39. The average Bonchev–Trinajstić information content (AvgIpc) is 3.29. The summed E-state index contributed by atoms with van der Waals surface area (Å²) in [7, 11) is -4.42. The van der Waals surface area contributed by atoms with E-state index in [0.29, 0.717) is 12.3 Å². The number of alkyl halides is 3. The van der Waals surface area contributed by atoms with Crippen LogP contribution in [0.3, 0.4) is 0 Å². The van der Waals surface area contributed by atoms with Crippen LogP contribution in [0.25, 0.3) is 33.4 Å². The van der Waals surface area contributed by atoms with Crippen molar-refractivity contribution in [1.29, 1.82) is 0 Å². The maximum Gasteiger partial charge on any atom is 0.417 e. The summed E-state index contributed by atoms with van der Waals surface area (Å²) in [4.78, 5) is -1.03. The second kappa shape index (κ2) is 6.48. The first kappa shape index (κ1) is 19.8. The molecule has 0 atom stereocenters. The molecule has 0 unspecified atom stereocenters. The number of tetrazole rings is 1. The van der Waals surface area contributed by atoms with Crippen molar-refractivity contribution >= 4 is 26.6 Å². The van der Waals surface area contributed by atoms with E-state index >= 15 is 0 Å². The minimum absolute atomic E-state index is 0.00289. The SMILES string of the molecule is CS(=O)(=O)c1c(C(F)(F)F)ccc(-c2cc(F)c3c(N)n[nH]c3c2)c1-c1nnn[nH]1. The van der Waals surface area contributed by atoms with Crippen LogP contribution in [0.15, 0.2) is 29.2 Å². The van der Waals surface area contributed by atoms with Crippen molar-refractivity contribution in [3.63, 3.8) is 0 Å². The highest BCUT2D eigenvalue weighted by molar-refractivity contribution is 7.91. The highest BCUT2D eigenvalue weighted by atomic mass is 32.2. The molecule has 0 saturated heterocycles. The lowest BCUT2D eigenvalue weighted by Crippen LogP contribution is -2.15. The summed E-state index contributed by atoms with van der Waals surface area (Å²) in [6.45, 7) is 0. The van der Waals surface area contributed by atoms with Crippen LogP contribution in [0, 0.1) is 5.82 Å². The molecule has 0 amide bonds. The molecule has 4 rings (SSSR count). The van der Waals surface area contributed by atoms with Gasteiger partial charge in [-0.25, -0.2) is 17.9 Å². The zero-order valence-corrected chi connectivity index (χ0v) is 15.7. The summed E-state index contributed by atoms with van der Waals surface area (Å²) >= 11 is 0. The lowest BCUT2D eigenvalue weighted by atomic mass is 9.95. The van der Waals surface area contributed by atoms with Crippen molar-refractivity contribution in [3.8, 4) is 22.5 Å². The van der Waals surface area contributed by atoms with Crippen molar-refractivity contribution in [2.24, 2.45) is 0 Å². The van der Waals surface area contributed by atoms with Gasteiger partial charge in [0.1, 0.15) is 5.82 Å². The van der Waals surface area contributed by atoms with E-state index in [1.807, 2.05) is 0 Å². The zero-order chi connectivity index (χ0) is 21.8. The van der Waals surface area contributed by atoms with Gasteiger partial charge in [-0.2, -0.15) is 18.3 Å². The fraction of sp³-hybridized carbons (Fsp3) is 0.125. The Bertz CT molecular complexity index is 1380. The number of halogens is 4. The van der Waals surface area contributed by atoms with Crippen LogP contribution in [0.1, 0.15) is 5.56 Å². The number of hydrogen-bond donors (Lipinski definition) is 3. The summed E-state index contributed by atoms with van der Waals surface area (Å²) < 4.78 is 80.2. The molecule has 4 aromatic rings. The second-order valence-corrected chi connectivity index (χ2v) is 8.33. The second-order valence-electron chi connectivity index (χ2n) is 6.37. The first-order chi connectivity index (χ1) is 14.0. The van der Waals surface area contributed by atoms with Gasteiger partial charge in [-0.15, -0.1) is 5.10 Å². The van der Waals surface area contributed by atoms with Gasteiger partial charge < -0.3 is 5.73 Å². The number of sulfone groups is 1. The maximum absolute atomic E-state index is 14.6. The Labute approximate surface area is 165 Å². The molecule has 0 aliphatic heterocycles. The maximum atomic E-state index is 14.6.